The van der Waals surface area contributed by atoms with E-state index in [4.69, 9.17) is 11.6 Å². The summed E-state index contributed by atoms with van der Waals surface area (Å²) in [5.41, 5.74) is 2.70. The molecule has 1 fully saturated rings. The van der Waals surface area contributed by atoms with Gasteiger partial charge in [0.1, 0.15) is 5.38 Å². The largest absolute Gasteiger partial charge is 0.326 e. The number of hydrogen-bond acceptors (Lipinski definition) is 6. The van der Waals surface area contributed by atoms with Gasteiger partial charge < -0.3 is 5.32 Å². The van der Waals surface area contributed by atoms with E-state index in [-0.39, 0.29) is 17.5 Å². The SMILES string of the molecule is CC(=O)Nc1ccc(-c2csc(N3C(=O)C(Cl)C3c3cccc([N+](=O)[O-])c3)n2)cc1. The third kappa shape index (κ3) is 3.64. The first-order chi connectivity index (χ1) is 14.3. The van der Waals surface area contributed by atoms with Crippen LogP contribution < -0.4 is 10.2 Å². The van der Waals surface area contributed by atoms with Gasteiger partial charge in [0.2, 0.25) is 11.8 Å². The summed E-state index contributed by atoms with van der Waals surface area (Å²) < 4.78 is 0. The number of benzene rings is 2. The average molecular weight is 443 g/mol. The fourth-order valence-corrected chi connectivity index (χ4v) is 4.48. The van der Waals surface area contributed by atoms with Crippen molar-refractivity contribution in [1.29, 1.82) is 0 Å². The lowest BCUT2D eigenvalue weighted by Gasteiger charge is -2.42. The molecule has 152 valence electrons. The number of non-ortho nitro benzene ring substituents is 1. The summed E-state index contributed by atoms with van der Waals surface area (Å²) in [4.78, 5) is 40.2. The Morgan fingerprint density at radius 1 is 1.27 bits per heavy atom. The summed E-state index contributed by atoms with van der Waals surface area (Å²) in [7, 11) is 0. The van der Waals surface area contributed by atoms with Crippen LogP contribution >= 0.6 is 22.9 Å². The zero-order valence-corrected chi connectivity index (χ0v) is 17.2. The monoisotopic (exact) mass is 442 g/mol. The minimum atomic E-state index is -0.809. The molecule has 1 aliphatic heterocycles. The van der Waals surface area contributed by atoms with Crippen LogP contribution in [0, 0.1) is 10.1 Å². The maximum Gasteiger partial charge on any atom is 0.269 e. The van der Waals surface area contributed by atoms with E-state index in [1.54, 1.807) is 24.3 Å². The van der Waals surface area contributed by atoms with Crippen molar-refractivity contribution in [1.82, 2.24) is 4.98 Å². The molecule has 0 spiro atoms. The van der Waals surface area contributed by atoms with E-state index in [2.05, 4.69) is 10.3 Å². The van der Waals surface area contributed by atoms with Crippen molar-refractivity contribution < 1.29 is 14.5 Å². The molecule has 8 nitrogen and oxygen atoms in total. The Bertz CT molecular complexity index is 1150. The van der Waals surface area contributed by atoms with Gasteiger partial charge in [0.05, 0.1) is 16.7 Å². The normalized spacial score (nSPS) is 18.1. The summed E-state index contributed by atoms with van der Waals surface area (Å²) in [6, 6.07) is 12.8. The number of halogens is 1. The molecule has 2 amide bonds. The van der Waals surface area contributed by atoms with E-state index in [1.807, 2.05) is 17.5 Å². The molecule has 2 atom stereocenters. The van der Waals surface area contributed by atoms with Gasteiger partial charge in [0.25, 0.3) is 5.69 Å². The number of carbonyl (C=O) groups is 2. The molecule has 0 aliphatic carbocycles. The van der Waals surface area contributed by atoms with Crippen molar-refractivity contribution in [3.63, 3.8) is 0 Å². The van der Waals surface area contributed by atoms with E-state index in [0.717, 1.165) is 5.56 Å². The van der Waals surface area contributed by atoms with E-state index in [1.165, 1.54) is 35.3 Å². The zero-order chi connectivity index (χ0) is 21.4. The van der Waals surface area contributed by atoms with Crippen LogP contribution in [0.4, 0.5) is 16.5 Å². The van der Waals surface area contributed by atoms with Crippen LogP contribution in [0.25, 0.3) is 11.3 Å². The highest BCUT2D eigenvalue weighted by Gasteiger charge is 2.49. The molecule has 4 rings (SSSR count). The molecule has 1 aliphatic rings. The lowest BCUT2D eigenvalue weighted by atomic mass is 9.93. The Kier molecular flexibility index (Phi) is 5.23. The van der Waals surface area contributed by atoms with E-state index in [0.29, 0.717) is 22.1 Å². The summed E-state index contributed by atoms with van der Waals surface area (Å²) in [5, 5.41) is 15.3. The number of amides is 2. The molecule has 3 aromatic rings. The Labute approximate surface area is 180 Å². The summed E-state index contributed by atoms with van der Waals surface area (Å²) in [6.45, 7) is 1.44. The second kappa shape index (κ2) is 7.85. The number of nitro benzene ring substituents is 1. The van der Waals surface area contributed by atoms with E-state index >= 15 is 0 Å². The van der Waals surface area contributed by atoms with Crippen LogP contribution in [0.15, 0.2) is 53.9 Å². The number of carbonyl (C=O) groups excluding carboxylic acids is 2. The molecule has 2 unspecified atom stereocenters. The molecule has 30 heavy (non-hydrogen) atoms. The second-order valence-corrected chi connectivity index (χ2v) is 7.99. The molecule has 0 bridgehead atoms. The first kappa shape index (κ1) is 20.0. The lowest BCUT2D eigenvalue weighted by molar-refractivity contribution is -0.384. The molecule has 2 aromatic carbocycles. The molecule has 1 aromatic heterocycles. The van der Waals surface area contributed by atoms with E-state index in [9.17, 15) is 19.7 Å². The average Bonchev–Trinajstić information content (AvgIpc) is 3.20. The van der Waals surface area contributed by atoms with Gasteiger partial charge in [-0.15, -0.1) is 22.9 Å². The minimum absolute atomic E-state index is 0.0604. The lowest BCUT2D eigenvalue weighted by Crippen LogP contribution is -2.56. The quantitative estimate of drug-likeness (QED) is 0.273. The van der Waals surface area contributed by atoms with Gasteiger partial charge in [0.15, 0.2) is 5.13 Å². The number of rotatable bonds is 5. The summed E-state index contributed by atoms with van der Waals surface area (Å²) in [5.74, 6) is -0.451. The minimum Gasteiger partial charge on any atom is -0.326 e. The topological polar surface area (TPSA) is 105 Å². The van der Waals surface area contributed by atoms with Gasteiger partial charge in [0, 0.05) is 35.7 Å². The zero-order valence-electron chi connectivity index (χ0n) is 15.6. The Hall–Kier alpha value is -3.30. The number of aromatic nitrogens is 1. The van der Waals surface area contributed by atoms with Crippen molar-refractivity contribution >= 4 is 51.3 Å². The number of nitro groups is 1. The molecular formula is C20H15ClN4O4S. The third-order valence-electron chi connectivity index (χ3n) is 4.65. The van der Waals surface area contributed by atoms with Crippen LogP contribution in [0.3, 0.4) is 0 Å². The van der Waals surface area contributed by atoms with Gasteiger partial charge in [-0.3, -0.25) is 24.6 Å². The van der Waals surface area contributed by atoms with Gasteiger partial charge in [-0.1, -0.05) is 24.3 Å². The fraction of sp³-hybridized carbons (Fsp3) is 0.150. The molecule has 1 saturated heterocycles. The van der Waals surface area contributed by atoms with Crippen LogP contribution in [-0.2, 0) is 9.59 Å². The fourth-order valence-electron chi connectivity index (χ4n) is 3.24. The Morgan fingerprint density at radius 2 is 2.00 bits per heavy atom. The number of β-lactam (4-membered cyclic amide) rings is 1. The number of nitrogens with zero attached hydrogens (tertiary/aromatic N) is 3. The van der Waals surface area contributed by atoms with Crippen molar-refractivity contribution in [3.05, 3.63) is 69.6 Å². The predicted molar refractivity (Wildman–Crippen MR) is 115 cm³/mol. The Balaban J connectivity index is 1.60. The van der Waals surface area contributed by atoms with Gasteiger partial charge in [-0.25, -0.2) is 4.98 Å². The van der Waals surface area contributed by atoms with Gasteiger partial charge in [-0.2, -0.15) is 0 Å². The number of hydrogen-bond donors (Lipinski definition) is 1. The maximum atomic E-state index is 12.4. The number of thiazole rings is 1. The Morgan fingerprint density at radius 3 is 2.67 bits per heavy atom. The number of nitrogens with one attached hydrogen (secondary N) is 1. The molecule has 10 heteroatoms. The first-order valence-corrected chi connectivity index (χ1v) is 10.2. The van der Waals surface area contributed by atoms with Crippen LogP contribution in [0.2, 0.25) is 0 Å². The highest BCUT2D eigenvalue weighted by Crippen LogP contribution is 2.44. The van der Waals surface area contributed by atoms with Crippen molar-refractivity contribution in [3.8, 4) is 11.3 Å². The van der Waals surface area contributed by atoms with Gasteiger partial charge in [-0.05, 0) is 17.7 Å². The number of alkyl halides is 1. The predicted octanol–water partition coefficient (Wildman–Crippen LogP) is 4.37. The smallest absolute Gasteiger partial charge is 0.269 e. The van der Waals surface area contributed by atoms with Crippen molar-refractivity contribution in [2.45, 2.75) is 18.3 Å². The van der Waals surface area contributed by atoms with Crippen LogP contribution in [0.5, 0.6) is 0 Å². The second-order valence-electron chi connectivity index (χ2n) is 6.68. The van der Waals surface area contributed by atoms with E-state index < -0.39 is 16.3 Å². The van der Waals surface area contributed by atoms with Crippen LogP contribution in [0.1, 0.15) is 18.5 Å². The van der Waals surface area contributed by atoms with Crippen molar-refractivity contribution in [2.24, 2.45) is 0 Å². The summed E-state index contributed by atoms with van der Waals surface area (Å²) in [6.07, 6.45) is 0. The molecule has 2 heterocycles. The standard InChI is InChI=1S/C20H15ClN4O4S/c1-11(26)22-14-7-5-12(6-8-14)16-10-30-20(23-16)24-18(17(21)19(24)27)13-3-2-4-15(9-13)25(28)29/h2-10,17-18H,1H3,(H,22,26). The molecule has 0 saturated carbocycles. The van der Waals surface area contributed by atoms with Crippen LogP contribution in [-0.4, -0.2) is 27.1 Å². The first-order valence-electron chi connectivity index (χ1n) is 8.90. The molecule has 0 radical (unpaired) electrons. The summed E-state index contributed by atoms with van der Waals surface area (Å²) >= 11 is 7.53. The molecular weight excluding hydrogens is 428 g/mol. The van der Waals surface area contributed by atoms with Crippen molar-refractivity contribution in [2.75, 3.05) is 10.2 Å². The number of anilines is 2. The highest BCUT2D eigenvalue weighted by atomic mass is 35.5. The van der Waals surface area contributed by atoms with Gasteiger partial charge >= 0.3 is 0 Å². The third-order valence-corrected chi connectivity index (χ3v) is 5.92. The highest BCUT2D eigenvalue weighted by molar-refractivity contribution is 7.14. The maximum absolute atomic E-state index is 12.4. The molecule has 1 N–H and O–H groups in total.